The van der Waals surface area contributed by atoms with Gasteiger partial charge in [0.2, 0.25) is 0 Å². The zero-order valence-electron chi connectivity index (χ0n) is 6.90. The van der Waals surface area contributed by atoms with Crippen LogP contribution in [0.25, 0.3) is 0 Å². The number of hydrazone groups is 1. The first-order valence-electron chi connectivity index (χ1n) is 3.15. The molecule has 0 bridgehead atoms. The third-order valence-electron chi connectivity index (χ3n) is 0.959. The summed E-state index contributed by atoms with van der Waals surface area (Å²) in [7, 11) is 3.53. The molecule has 62 valence electrons. The highest BCUT2D eigenvalue weighted by atomic mass is 16.4. The van der Waals surface area contributed by atoms with Crippen molar-refractivity contribution < 1.29 is 9.90 Å². The van der Waals surface area contributed by atoms with Crippen LogP contribution in [0.15, 0.2) is 16.8 Å². The van der Waals surface area contributed by atoms with Crippen molar-refractivity contribution in [3.63, 3.8) is 0 Å². The second-order valence-corrected chi connectivity index (χ2v) is 2.27. The van der Waals surface area contributed by atoms with Gasteiger partial charge < -0.3 is 10.1 Å². The zero-order chi connectivity index (χ0) is 8.85. The van der Waals surface area contributed by atoms with E-state index in [1.807, 2.05) is 0 Å². The molecule has 1 N–H and O–H groups in total. The highest BCUT2D eigenvalue weighted by molar-refractivity contribution is 5.91. The average Bonchev–Trinajstić information content (AvgIpc) is 1.86. The van der Waals surface area contributed by atoms with Crippen molar-refractivity contribution in [2.24, 2.45) is 5.10 Å². The highest BCUT2D eigenvalue weighted by Gasteiger charge is 1.95. The van der Waals surface area contributed by atoms with Crippen molar-refractivity contribution in [3.8, 4) is 0 Å². The molecule has 4 heteroatoms. The van der Waals surface area contributed by atoms with Crippen LogP contribution in [-0.4, -0.2) is 36.4 Å². The topological polar surface area (TPSA) is 52.9 Å². The summed E-state index contributed by atoms with van der Waals surface area (Å²) in [6.45, 7) is 1.52. The molecule has 0 amide bonds. The van der Waals surface area contributed by atoms with Gasteiger partial charge in [-0.1, -0.05) is 0 Å². The van der Waals surface area contributed by atoms with Crippen molar-refractivity contribution >= 4 is 12.2 Å². The Bertz CT molecular complexity index is 195. The minimum absolute atomic E-state index is 0.274. The molecular formula is C7H12N2O2. The molecule has 0 rings (SSSR count). The van der Waals surface area contributed by atoms with Crippen molar-refractivity contribution in [1.82, 2.24) is 5.01 Å². The van der Waals surface area contributed by atoms with E-state index in [0.29, 0.717) is 0 Å². The molecule has 0 unspecified atom stereocenters. The molecule has 0 spiro atoms. The quantitative estimate of drug-likeness (QED) is 0.369. The van der Waals surface area contributed by atoms with Gasteiger partial charge in [-0.15, -0.1) is 0 Å². The largest absolute Gasteiger partial charge is 0.478 e. The number of aliphatic carboxylic acids is 1. The molecule has 4 nitrogen and oxygen atoms in total. The Kier molecular flexibility index (Phi) is 3.95. The van der Waals surface area contributed by atoms with Crippen LogP contribution in [0.4, 0.5) is 0 Å². The van der Waals surface area contributed by atoms with E-state index >= 15 is 0 Å². The summed E-state index contributed by atoms with van der Waals surface area (Å²) in [5.74, 6) is -0.921. The van der Waals surface area contributed by atoms with Gasteiger partial charge in [-0.25, -0.2) is 4.79 Å². The molecule has 0 aliphatic carbocycles. The van der Waals surface area contributed by atoms with E-state index in [2.05, 4.69) is 5.10 Å². The number of carboxylic acids is 1. The Morgan fingerprint density at radius 3 is 2.45 bits per heavy atom. The molecule has 0 saturated carbocycles. The Labute approximate surface area is 65.8 Å². The molecule has 0 aliphatic rings. The molecule has 0 radical (unpaired) electrons. The van der Waals surface area contributed by atoms with Crippen LogP contribution in [-0.2, 0) is 4.79 Å². The third kappa shape index (κ3) is 5.14. The van der Waals surface area contributed by atoms with Crippen molar-refractivity contribution in [2.75, 3.05) is 14.1 Å². The van der Waals surface area contributed by atoms with E-state index in [-0.39, 0.29) is 5.57 Å². The van der Waals surface area contributed by atoms with Crippen LogP contribution in [0.5, 0.6) is 0 Å². The van der Waals surface area contributed by atoms with Gasteiger partial charge in [0, 0.05) is 25.9 Å². The lowest BCUT2D eigenvalue weighted by Crippen LogP contribution is -2.01. The van der Waals surface area contributed by atoms with E-state index in [0.717, 1.165) is 0 Å². The van der Waals surface area contributed by atoms with Gasteiger partial charge in [-0.05, 0) is 13.0 Å². The SMILES string of the molecule is CC(=CC=NN(C)C)C(=O)O. The fraction of sp³-hybridized carbons (Fsp3) is 0.429. The molecule has 0 aromatic heterocycles. The van der Waals surface area contributed by atoms with Gasteiger partial charge in [0.25, 0.3) is 0 Å². The van der Waals surface area contributed by atoms with Gasteiger partial charge in [0.05, 0.1) is 0 Å². The maximum Gasteiger partial charge on any atom is 0.331 e. The standard InChI is InChI=1S/C7H12N2O2/c1-6(7(10)11)4-5-8-9(2)3/h4-5H,1-3H3,(H,10,11). The summed E-state index contributed by atoms with van der Waals surface area (Å²) in [4.78, 5) is 10.2. The highest BCUT2D eigenvalue weighted by Crippen LogP contribution is 1.88. The van der Waals surface area contributed by atoms with E-state index in [1.54, 1.807) is 19.1 Å². The Morgan fingerprint density at radius 2 is 2.09 bits per heavy atom. The summed E-state index contributed by atoms with van der Waals surface area (Å²) in [6.07, 6.45) is 2.89. The fourth-order valence-electron chi connectivity index (χ4n) is 0.350. The maximum atomic E-state index is 10.2. The third-order valence-corrected chi connectivity index (χ3v) is 0.959. The van der Waals surface area contributed by atoms with Gasteiger partial charge in [0.1, 0.15) is 0 Å². The van der Waals surface area contributed by atoms with Crippen LogP contribution >= 0.6 is 0 Å². The summed E-state index contributed by atoms with van der Waals surface area (Å²) >= 11 is 0. The summed E-state index contributed by atoms with van der Waals surface area (Å²) < 4.78 is 0. The number of rotatable bonds is 3. The molecular weight excluding hydrogens is 144 g/mol. The van der Waals surface area contributed by atoms with E-state index < -0.39 is 5.97 Å². The van der Waals surface area contributed by atoms with Crippen LogP contribution in [0, 0.1) is 0 Å². The molecule has 0 aromatic rings. The summed E-state index contributed by atoms with van der Waals surface area (Å²) in [6, 6.07) is 0. The zero-order valence-corrected chi connectivity index (χ0v) is 6.90. The lowest BCUT2D eigenvalue weighted by Gasteiger charge is -1.99. The van der Waals surface area contributed by atoms with E-state index in [4.69, 9.17) is 5.11 Å². The molecule has 11 heavy (non-hydrogen) atoms. The second-order valence-electron chi connectivity index (χ2n) is 2.27. The Hall–Kier alpha value is -1.32. The Balaban J connectivity index is 4.02. The van der Waals surface area contributed by atoms with Crippen molar-refractivity contribution in [2.45, 2.75) is 6.92 Å². The van der Waals surface area contributed by atoms with E-state index in [9.17, 15) is 4.79 Å². The van der Waals surface area contributed by atoms with Crippen molar-refractivity contribution in [3.05, 3.63) is 11.6 Å². The molecule has 0 aromatic carbocycles. The van der Waals surface area contributed by atoms with E-state index in [1.165, 1.54) is 19.2 Å². The number of nitrogens with zero attached hydrogens (tertiary/aromatic N) is 2. The van der Waals surface area contributed by atoms with Crippen LogP contribution in [0.3, 0.4) is 0 Å². The molecule has 0 fully saturated rings. The fourth-order valence-corrected chi connectivity index (χ4v) is 0.350. The number of hydrogen-bond acceptors (Lipinski definition) is 3. The number of allylic oxidation sites excluding steroid dienone is 1. The van der Waals surface area contributed by atoms with Gasteiger partial charge in [-0.2, -0.15) is 5.10 Å². The lowest BCUT2D eigenvalue weighted by atomic mass is 10.3. The number of carboxylic acid groups (broad SMARTS) is 1. The van der Waals surface area contributed by atoms with Crippen molar-refractivity contribution in [1.29, 1.82) is 0 Å². The first kappa shape index (κ1) is 9.68. The van der Waals surface area contributed by atoms with Crippen LogP contribution < -0.4 is 0 Å². The second kappa shape index (κ2) is 4.49. The minimum atomic E-state index is -0.921. The lowest BCUT2D eigenvalue weighted by molar-refractivity contribution is -0.132. The summed E-state index contributed by atoms with van der Waals surface area (Å²) in [5, 5.41) is 13.8. The smallest absolute Gasteiger partial charge is 0.331 e. The first-order valence-corrected chi connectivity index (χ1v) is 3.15. The van der Waals surface area contributed by atoms with Gasteiger partial charge >= 0.3 is 5.97 Å². The summed E-state index contributed by atoms with van der Waals surface area (Å²) in [5.41, 5.74) is 0.274. The minimum Gasteiger partial charge on any atom is -0.478 e. The molecule has 0 aliphatic heterocycles. The maximum absolute atomic E-state index is 10.2. The van der Waals surface area contributed by atoms with Crippen LogP contribution in [0.2, 0.25) is 0 Å². The number of carbonyl (C=O) groups is 1. The molecule has 0 saturated heterocycles. The normalized spacial score (nSPS) is 12.1. The predicted octanol–water partition coefficient (Wildman–Crippen LogP) is 0.565. The first-order chi connectivity index (χ1) is 5.04. The molecule has 0 atom stereocenters. The van der Waals surface area contributed by atoms with Gasteiger partial charge in [0.15, 0.2) is 0 Å². The van der Waals surface area contributed by atoms with Gasteiger partial charge in [-0.3, -0.25) is 0 Å². The number of hydrogen-bond donors (Lipinski definition) is 1. The van der Waals surface area contributed by atoms with Crippen LogP contribution in [0.1, 0.15) is 6.92 Å². The monoisotopic (exact) mass is 156 g/mol. The predicted molar refractivity (Wildman–Crippen MR) is 43.6 cm³/mol. The molecule has 0 heterocycles. The average molecular weight is 156 g/mol. The Morgan fingerprint density at radius 1 is 1.55 bits per heavy atom.